The maximum absolute atomic E-state index is 12.8. The Morgan fingerprint density at radius 1 is 1.38 bits per heavy atom. The Balaban J connectivity index is 3.56. The van der Waals surface area contributed by atoms with E-state index in [9.17, 15) is 18.9 Å². The second kappa shape index (κ2) is 3.67. The number of nitrogens with zero attached hydrogens (tertiary/aromatic N) is 1. The molecule has 0 N–H and O–H groups in total. The lowest BCUT2D eigenvalue weighted by Crippen LogP contribution is -1.97. The summed E-state index contributed by atoms with van der Waals surface area (Å²) in [5.74, 6) is -2.73. The lowest BCUT2D eigenvalue weighted by molar-refractivity contribution is -0.388. The first kappa shape index (κ1) is 10.5. The van der Waals surface area contributed by atoms with Gasteiger partial charge in [0.25, 0.3) is 0 Å². The van der Waals surface area contributed by atoms with Crippen molar-refractivity contribution in [2.45, 2.75) is 0 Å². The Kier molecular flexibility index (Phi) is 2.97. The molecule has 0 aromatic heterocycles. The zero-order valence-electron chi connectivity index (χ0n) is 5.85. The fourth-order valence-electron chi connectivity index (χ4n) is 0.721. The van der Waals surface area contributed by atoms with E-state index in [1.165, 1.54) is 0 Å². The highest BCUT2D eigenvalue weighted by Crippen LogP contribution is 2.35. The van der Waals surface area contributed by atoms with E-state index < -0.39 is 22.2 Å². The van der Waals surface area contributed by atoms with Crippen LogP contribution in [0.2, 0.25) is 0 Å². The summed E-state index contributed by atoms with van der Waals surface area (Å²) in [6, 6.07) is 0.812. The van der Waals surface area contributed by atoms with Crippen molar-refractivity contribution in [1.82, 2.24) is 0 Å². The molecule has 0 spiro atoms. The summed E-state index contributed by atoms with van der Waals surface area (Å²) in [6.07, 6.45) is 0. The number of nitro benzene ring substituents is 1. The monoisotopic (exact) mass is 315 g/mol. The molecule has 1 aromatic rings. The topological polar surface area (TPSA) is 43.1 Å². The van der Waals surface area contributed by atoms with E-state index in [1.807, 2.05) is 0 Å². The van der Waals surface area contributed by atoms with Crippen LogP contribution in [-0.4, -0.2) is 4.92 Å². The number of hydrogen-bond acceptors (Lipinski definition) is 2. The molecule has 0 radical (unpaired) electrons. The van der Waals surface area contributed by atoms with E-state index in [1.54, 1.807) is 0 Å². The molecular weight excluding hydrogens is 316 g/mol. The molecule has 0 saturated heterocycles. The molecule has 1 aromatic carbocycles. The molecule has 0 atom stereocenters. The molecule has 0 saturated carbocycles. The fourth-order valence-corrected chi connectivity index (χ4v) is 1.54. The van der Waals surface area contributed by atoms with Crippen molar-refractivity contribution >= 4 is 37.5 Å². The van der Waals surface area contributed by atoms with Crippen LogP contribution < -0.4 is 0 Å². The molecule has 0 aliphatic carbocycles. The van der Waals surface area contributed by atoms with Crippen molar-refractivity contribution in [3.05, 3.63) is 36.8 Å². The number of halogens is 4. The third-order valence-corrected chi connectivity index (χ3v) is 3.23. The zero-order chi connectivity index (χ0) is 10.2. The first-order chi connectivity index (χ1) is 5.95. The third kappa shape index (κ3) is 1.86. The van der Waals surface area contributed by atoms with Crippen LogP contribution in [0.15, 0.2) is 15.0 Å². The molecule has 7 heteroatoms. The van der Waals surface area contributed by atoms with Gasteiger partial charge in [0, 0.05) is 4.47 Å². The van der Waals surface area contributed by atoms with Crippen LogP contribution in [0.1, 0.15) is 0 Å². The van der Waals surface area contributed by atoms with Crippen LogP contribution in [0, 0.1) is 21.7 Å². The van der Waals surface area contributed by atoms with Gasteiger partial charge in [-0.3, -0.25) is 10.1 Å². The summed E-state index contributed by atoms with van der Waals surface area (Å²) in [4.78, 5) is 9.30. The predicted molar refractivity (Wildman–Crippen MR) is 48.4 cm³/mol. The van der Waals surface area contributed by atoms with Gasteiger partial charge in [0.1, 0.15) is 4.47 Å². The van der Waals surface area contributed by atoms with Crippen LogP contribution in [0.3, 0.4) is 0 Å². The zero-order valence-corrected chi connectivity index (χ0v) is 9.02. The average molecular weight is 317 g/mol. The summed E-state index contributed by atoms with van der Waals surface area (Å²) in [7, 11) is 0. The summed E-state index contributed by atoms with van der Waals surface area (Å²) in [6.45, 7) is 0. The van der Waals surface area contributed by atoms with E-state index in [4.69, 9.17) is 0 Å². The van der Waals surface area contributed by atoms with E-state index in [-0.39, 0.29) is 8.95 Å². The van der Waals surface area contributed by atoms with Crippen LogP contribution in [0.4, 0.5) is 14.5 Å². The smallest absolute Gasteiger partial charge is 0.258 e. The molecule has 0 bridgehead atoms. The van der Waals surface area contributed by atoms with E-state index >= 15 is 0 Å². The molecule has 0 heterocycles. The van der Waals surface area contributed by atoms with Crippen LogP contribution in [0.25, 0.3) is 0 Å². The fraction of sp³-hybridized carbons (Fsp3) is 0. The van der Waals surface area contributed by atoms with Gasteiger partial charge in [-0.2, -0.15) is 4.39 Å². The van der Waals surface area contributed by atoms with Gasteiger partial charge < -0.3 is 0 Å². The summed E-state index contributed by atoms with van der Waals surface area (Å²) < 4.78 is 25.5. The highest BCUT2D eigenvalue weighted by molar-refractivity contribution is 9.13. The highest BCUT2D eigenvalue weighted by Gasteiger charge is 2.25. The quantitative estimate of drug-likeness (QED) is 0.453. The van der Waals surface area contributed by atoms with Crippen LogP contribution in [-0.2, 0) is 0 Å². The molecule has 13 heavy (non-hydrogen) atoms. The van der Waals surface area contributed by atoms with Gasteiger partial charge in [-0.05, 0) is 37.9 Å². The lowest BCUT2D eigenvalue weighted by Gasteiger charge is -2.00. The normalized spacial score (nSPS) is 10.2. The Morgan fingerprint density at radius 2 is 1.92 bits per heavy atom. The minimum absolute atomic E-state index is 0.0955. The van der Waals surface area contributed by atoms with Gasteiger partial charge in [0.05, 0.1) is 4.92 Å². The molecule has 1 rings (SSSR count). The Morgan fingerprint density at radius 3 is 2.38 bits per heavy atom. The minimum Gasteiger partial charge on any atom is -0.258 e. The first-order valence-corrected chi connectivity index (χ1v) is 4.51. The molecule has 70 valence electrons. The van der Waals surface area contributed by atoms with Crippen molar-refractivity contribution in [3.8, 4) is 0 Å². The molecule has 3 nitrogen and oxygen atoms in total. The predicted octanol–water partition coefficient (Wildman–Crippen LogP) is 3.40. The Bertz CT molecular complexity index is 357. The average Bonchev–Trinajstić information content (AvgIpc) is 2.01. The SMILES string of the molecule is O=[N+]([O-])c1c(F)c(F)cc(Br)c1Br. The second-order valence-corrected chi connectivity index (χ2v) is 3.72. The summed E-state index contributed by atoms with van der Waals surface area (Å²) >= 11 is 5.61. The number of rotatable bonds is 1. The molecule has 0 aliphatic heterocycles. The van der Waals surface area contributed by atoms with Gasteiger partial charge >= 0.3 is 5.69 Å². The Hall–Kier alpha value is -0.560. The van der Waals surface area contributed by atoms with Crippen molar-refractivity contribution in [3.63, 3.8) is 0 Å². The van der Waals surface area contributed by atoms with Gasteiger partial charge in [0.2, 0.25) is 5.82 Å². The lowest BCUT2D eigenvalue weighted by atomic mass is 10.3. The second-order valence-electron chi connectivity index (χ2n) is 2.07. The van der Waals surface area contributed by atoms with Crippen LogP contribution >= 0.6 is 31.9 Å². The van der Waals surface area contributed by atoms with Crippen molar-refractivity contribution < 1.29 is 13.7 Å². The summed E-state index contributed by atoms with van der Waals surface area (Å²) in [5.41, 5.74) is -0.910. The number of benzene rings is 1. The van der Waals surface area contributed by atoms with Gasteiger partial charge in [-0.25, -0.2) is 4.39 Å². The maximum atomic E-state index is 12.8. The molecule has 0 amide bonds. The number of nitro groups is 1. The van der Waals surface area contributed by atoms with E-state index in [2.05, 4.69) is 31.9 Å². The maximum Gasteiger partial charge on any atom is 0.323 e. The first-order valence-electron chi connectivity index (χ1n) is 2.92. The molecule has 0 fully saturated rings. The van der Waals surface area contributed by atoms with E-state index in [0.29, 0.717) is 0 Å². The summed E-state index contributed by atoms with van der Waals surface area (Å²) in [5, 5.41) is 10.3. The number of hydrogen-bond donors (Lipinski definition) is 0. The molecule has 0 unspecified atom stereocenters. The third-order valence-electron chi connectivity index (χ3n) is 1.27. The van der Waals surface area contributed by atoms with Crippen molar-refractivity contribution in [2.24, 2.45) is 0 Å². The standard InChI is InChI=1S/C6HBr2F2NO2/c7-2-1-3(9)5(10)6(4(2)8)11(12)13/h1H. The van der Waals surface area contributed by atoms with Crippen molar-refractivity contribution in [2.75, 3.05) is 0 Å². The highest BCUT2D eigenvalue weighted by atomic mass is 79.9. The van der Waals surface area contributed by atoms with Crippen LogP contribution in [0.5, 0.6) is 0 Å². The largest absolute Gasteiger partial charge is 0.323 e. The van der Waals surface area contributed by atoms with Gasteiger partial charge in [-0.1, -0.05) is 0 Å². The van der Waals surface area contributed by atoms with Gasteiger partial charge in [0.15, 0.2) is 5.82 Å². The minimum atomic E-state index is -1.47. The van der Waals surface area contributed by atoms with Gasteiger partial charge in [-0.15, -0.1) is 0 Å². The molecular formula is C6HBr2F2NO2. The van der Waals surface area contributed by atoms with Crippen molar-refractivity contribution in [1.29, 1.82) is 0 Å². The Labute approximate surface area is 88.2 Å². The molecule has 0 aliphatic rings. The van der Waals surface area contributed by atoms with E-state index in [0.717, 1.165) is 6.07 Å².